The molecule has 90 valence electrons. The van der Waals surface area contributed by atoms with Crippen LogP contribution >= 0.6 is 11.6 Å². The highest BCUT2D eigenvalue weighted by atomic mass is 35.5. The van der Waals surface area contributed by atoms with E-state index in [4.69, 9.17) is 16.9 Å². The number of nitriles is 1. The molecule has 0 spiro atoms. The van der Waals surface area contributed by atoms with Crippen LogP contribution in [0.2, 0.25) is 5.02 Å². The zero-order valence-corrected chi connectivity index (χ0v) is 10.2. The average molecular weight is 262 g/mol. The zero-order chi connectivity index (χ0) is 13.0. The number of nitrogens with zero attached hydrogens (tertiary/aromatic N) is 3. The Bertz CT molecular complexity index is 590. The zero-order valence-electron chi connectivity index (χ0n) is 9.40. The molecule has 0 bridgehead atoms. The van der Waals surface area contributed by atoms with Crippen LogP contribution in [0.4, 0.5) is 4.39 Å². The Kier molecular flexibility index (Phi) is 3.85. The van der Waals surface area contributed by atoms with Crippen LogP contribution in [-0.4, -0.2) is 9.97 Å². The van der Waals surface area contributed by atoms with E-state index >= 15 is 0 Å². The molecule has 0 saturated heterocycles. The third kappa shape index (κ3) is 2.82. The highest BCUT2D eigenvalue weighted by Crippen LogP contribution is 2.13. The Morgan fingerprint density at radius 2 is 1.89 bits per heavy atom. The summed E-state index contributed by atoms with van der Waals surface area (Å²) < 4.78 is 13.7. The van der Waals surface area contributed by atoms with Crippen molar-refractivity contribution in [3.05, 3.63) is 58.4 Å². The minimum absolute atomic E-state index is 0.212. The molecule has 0 aliphatic heterocycles. The summed E-state index contributed by atoms with van der Waals surface area (Å²) in [6.07, 6.45) is 2.26. The van der Waals surface area contributed by atoms with E-state index in [1.165, 1.54) is 6.33 Å². The molecule has 0 unspecified atom stereocenters. The maximum Gasteiger partial charge on any atom is 0.181 e. The molecule has 0 aliphatic carbocycles. The molecule has 0 N–H and O–H groups in total. The average Bonchev–Trinajstić information content (AvgIpc) is 2.39. The lowest BCUT2D eigenvalue weighted by Gasteiger charge is -2.03. The Hall–Kier alpha value is -1.99. The van der Waals surface area contributed by atoms with Crippen molar-refractivity contribution < 1.29 is 4.39 Å². The standard InChI is InChI=1S/C13H9ClFN3/c14-10-4-1-9(2-5-10)3-6-11-13(15)12(7-16)18-8-17-11/h1-2,4-5,8H,3,6H2. The van der Waals surface area contributed by atoms with Gasteiger partial charge in [-0.1, -0.05) is 23.7 Å². The lowest BCUT2D eigenvalue weighted by atomic mass is 10.1. The minimum Gasteiger partial charge on any atom is -0.238 e. The molecule has 0 saturated carbocycles. The van der Waals surface area contributed by atoms with Crippen molar-refractivity contribution in [2.24, 2.45) is 0 Å². The van der Waals surface area contributed by atoms with Crippen molar-refractivity contribution in [2.45, 2.75) is 12.8 Å². The first-order valence-corrected chi connectivity index (χ1v) is 5.72. The lowest BCUT2D eigenvalue weighted by Crippen LogP contribution is -2.02. The number of halogens is 2. The van der Waals surface area contributed by atoms with Gasteiger partial charge in [0.15, 0.2) is 11.5 Å². The monoisotopic (exact) mass is 261 g/mol. The van der Waals surface area contributed by atoms with Crippen LogP contribution < -0.4 is 0 Å². The van der Waals surface area contributed by atoms with Crippen LogP contribution in [0, 0.1) is 17.1 Å². The van der Waals surface area contributed by atoms with Crippen LogP contribution in [0.5, 0.6) is 0 Å². The summed E-state index contributed by atoms with van der Waals surface area (Å²) in [5, 5.41) is 9.33. The Labute approximate surface area is 109 Å². The van der Waals surface area contributed by atoms with Gasteiger partial charge >= 0.3 is 0 Å². The minimum atomic E-state index is -0.631. The van der Waals surface area contributed by atoms with E-state index in [0.717, 1.165) is 5.56 Å². The van der Waals surface area contributed by atoms with Gasteiger partial charge in [0.1, 0.15) is 12.4 Å². The van der Waals surface area contributed by atoms with Crippen molar-refractivity contribution >= 4 is 11.6 Å². The highest BCUT2D eigenvalue weighted by Gasteiger charge is 2.10. The molecule has 0 radical (unpaired) electrons. The Balaban J connectivity index is 2.11. The normalized spacial score (nSPS) is 10.1. The third-order valence-electron chi connectivity index (χ3n) is 2.53. The van der Waals surface area contributed by atoms with E-state index in [1.807, 2.05) is 12.1 Å². The van der Waals surface area contributed by atoms with Crippen LogP contribution in [0.15, 0.2) is 30.6 Å². The van der Waals surface area contributed by atoms with Gasteiger partial charge < -0.3 is 0 Å². The van der Waals surface area contributed by atoms with Gasteiger partial charge in [0, 0.05) is 5.02 Å². The third-order valence-corrected chi connectivity index (χ3v) is 2.78. The first kappa shape index (κ1) is 12.5. The number of aryl methyl sites for hydroxylation is 2. The molecule has 5 heteroatoms. The number of rotatable bonds is 3. The molecule has 2 aromatic rings. The summed E-state index contributed by atoms with van der Waals surface area (Å²) in [4.78, 5) is 7.42. The van der Waals surface area contributed by atoms with Gasteiger partial charge in [0.05, 0.1) is 5.69 Å². The summed E-state index contributed by atoms with van der Waals surface area (Å²) in [6.45, 7) is 0. The summed E-state index contributed by atoms with van der Waals surface area (Å²) in [5.41, 5.74) is 1.09. The second kappa shape index (κ2) is 5.56. The van der Waals surface area contributed by atoms with Crippen LogP contribution in [-0.2, 0) is 12.8 Å². The van der Waals surface area contributed by atoms with Crippen molar-refractivity contribution in [3.8, 4) is 6.07 Å². The largest absolute Gasteiger partial charge is 0.238 e. The van der Waals surface area contributed by atoms with Crippen LogP contribution in [0.1, 0.15) is 17.0 Å². The van der Waals surface area contributed by atoms with Gasteiger partial charge in [0.2, 0.25) is 0 Å². The van der Waals surface area contributed by atoms with Crippen LogP contribution in [0.25, 0.3) is 0 Å². The van der Waals surface area contributed by atoms with Gasteiger partial charge in [0.25, 0.3) is 0 Å². The van der Waals surface area contributed by atoms with E-state index in [9.17, 15) is 4.39 Å². The van der Waals surface area contributed by atoms with Gasteiger partial charge in [-0.25, -0.2) is 14.4 Å². The van der Waals surface area contributed by atoms with E-state index in [-0.39, 0.29) is 11.4 Å². The first-order chi connectivity index (χ1) is 8.70. The molecule has 0 aliphatic rings. The first-order valence-electron chi connectivity index (χ1n) is 5.34. The number of aromatic nitrogens is 2. The van der Waals surface area contributed by atoms with E-state index in [0.29, 0.717) is 17.9 Å². The van der Waals surface area contributed by atoms with E-state index in [1.54, 1.807) is 18.2 Å². The number of hydrogen-bond acceptors (Lipinski definition) is 3. The summed E-state index contributed by atoms with van der Waals surface area (Å²) in [7, 11) is 0. The maximum atomic E-state index is 13.7. The molecule has 0 atom stereocenters. The Morgan fingerprint density at radius 1 is 1.17 bits per heavy atom. The fourth-order valence-electron chi connectivity index (χ4n) is 1.57. The molecule has 0 amide bonds. The Morgan fingerprint density at radius 3 is 2.56 bits per heavy atom. The summed E-state index contributed by atoms with van der Waals surface area (Å²) >= 11 is 5.78. The maximum absolute atomic E-state index is 13.7. The van der Waals surface area contributed by atoms with Gasteiger partial charge in [-0.2, -0.15) is 5.26 Å². The molecule has 1 aromatic heterocycles. The quantitative estimate of drug-likeness (QED) is 0.854. The van der Waals surface area contributed by atoms with Gasteiger partial charge in [-0.05, 0) is 30.5 Å². The molecule has 3 nitrogen and oxygen atoms in total. The fraction of sp³-hybridized carbons (Fsp3) is 0.154. The summed E-state index contributed by atoms with van der Waals surface area (Å²) in [5.74, 6) is -0.631. The van der Waals surface area contributed by atoms with Crippen molar-refractivity contribution in [1.29, 1.82) is 5.26 Å². The topological polar surface area (TPSA) is 49.6 Å². The second-order valence-corrected chi connectivity index (χ2v) is 4.16. The lowest BCUT2D eigenvalue weighted by molar-refractivity contribution is 0.584. The molecule has 18 heavy (non-hydrogen) atoms. The smallest absolute Gasteiger partial charge is 0.181 e. The van der Waals surface area contributed by atoms with Gasteiger partial charge in [-0.3, -0.25) is 0 Å². The van der Waals surface area contributed by atoms with Crippen molar-refractivity contribution in [1.82, 2.24) is 9.97 Å². The number of benzene rings is 1. The van der Waals surface area contributed by atoms with Crippen molar-refractivity contribution in [2.75, 3.05) is 0 Å². The molecule has 2 rings (SSSR count). The molecule has 1 aromatic carbocycles. The molecule has 1 heterocycles. The SMILES string of the molecule is N#Cc1ncnc(CCc2ccc(Cl)cc2)c1F. The number of hydrogen-bond donors (Lipinski definition) is 0. The predicted molar refractivity (Wildman–Crippen MR) is 65.6 cm³/mol. The highest BCUT2D eigenvalue weighted by molar-refractivity contribution is 6.30. The fourth-order valence-corrected chi connectivity index (χ4v) is 1.70. The van der Waals surface area contributed by atoms with Crippen LogP contribution in [0.3, 0.4) is 0 Å². The van der Waals surface area contributed by atoms with Crippen molar-refractivity contribution in [3.63, 3.8) is 0 Å². The second-order valence-electron chi connectivity index (χ2n) is 3.72. The molecule has 0 fully saturated rings. The predicted octanol–water partition coefficient (Wildman–Crippen LogP) is 2.93. The van der Waals surface area contributed by atoms with Gasteiger partial charge in [-0.15, -0.1) is 0 Å². The summed E-state index contributed by atoms with van der Waals surface area (Å²) in [6, 6.07) is 9.03. The molecular weight excluding hydrogens is 253 g/mol. The van der Waals surface area contributed by atoms with E-state index < -0.39 is 5.82 Å². The molecular formula is C13H9ClFN3. The van der Waals surface area contributed by atoms with E-state index in [2.05, 4.69) is 9.97 Å².